The van der Waals surface area contributed by atoms with E-state index in [2.05, 4.69) is 25.3 Å². The van der Waals surface area contributed by atoms with Crippen LogP contribution >= 0.6 is 0 Å². The van der Waals surface area contributed by atoms with Crippen molar-refractivity contribution in [1.29, 1.82) is 0 Å². The number of nitrogens with zero attached hydrogens (tertiary/aromatic N) is 3. The Morgan fingerprint density at radius 2 is 2.18 bits per heavy atom. The van der Waals surface area contributed by atoms with Crippen molar-refractivity contribution in [2.24, 2.45) is 0 Å². The van der Waals surface area contributed by atoms with Crippen molar-refractivity contribution in [3.8, 4) is 0 Å². The molecule has 0 bridgehead atoms. The Hall–Kier alpha value is -1.89. The number of fused-ring (bicyclic) bond motifs is 1. The number of nitrogen functional groups attached to an aromatic ring is 1. The first-order valence-electron chi connectivity index (χ1n) is 5.33. The quantitative estimate of drug-likeness (QED) is 0.617. The predicted octanol–water partition coefficient (Wildman–Crippen LogP) is 0.506. The highest BCUT2D eigenvalue weighted by atomic mass is 16.3. The molecular weight excluding hydrogens is 220 g/mol. The molecule has 2 heterocycles. The van der Waals surface area contributed by atoms with Crippen LogP contribution in [0.25, 0.3) is 11.2 Å². The van der Waals surface area contributed by atoms with E-state index in [9.17, 15) is 5.11 Å². The van der Waals surface area contributed by atoms with Gasteiger partial charge in [0.1, 0.15) is 5.52 Å². The third-order valence-electron chi connectivity index (χ3n) is 2.79. The molecule has 0 aliphatic heterocycles. The molecule has 0 aliphatic rings. The summed E-state index contributed by atoms with van der Waals surface area (Å²) in [5, 5.41) is 12.8. The standard InChI is InChI=1S/C10H16N6O/c1-5(17)10(2,3)16-8-6-7(13-4-12-6)14-9(11)15-8/h4-5,17H,1-3H3,(H4,11,12,13,14,15,16). The number of rotatable bonds is 3. The second-order valence-corrected chi connectivity index (χ2v) is 4.55. The summed E-state index contributed by atoms with van der Waals surface area (Å²) < 4.78 is 0. The van der Waals surface area contributed by atoms with Crippen LogP contribution in [0.5, 0.6) is 0 Å². The Morgan fingerprint density at radius 1 is 1.47 bits per heavy atom. The van der Waals surface area contributed by atoms with Crippen LogP contribution in [-0.2, 0) is 0 Å². The van der Waals surface area contributed by atoms with E-state index in [0.717, 1.165) is 0 Å². The van der Waals surface area contributed by atoms with Gasteiger partial charge in [0.25, 0.3) is 0 Å². The minimum Gasteiger partial charge on any atom is -0.391 e. The lowest BCUT2D eigenvalue weighted by molar-refractivity contribution is 0.133. The lowest BCUT2D eigenvalue weighted by atomic mass is 9.99. The average Bonchev–Trinajstić information content (AvgIpc) is 2.64. The minimum atomic E-state index is -0.545. The van der Waals surface area contributed by atoms with Crippen LogP contribution in [0.2, 0.25) is 0 Å². The highest BCUT2D eigenvalue weighted by molar-refractivity contribution is 5.83. The van der Waals surface area contributed by atoms with Gasteiger partial charge in [-0.05, 0) is 20.8 Å². The molecule has 0 fully saturated rings. The molecule has 2 rings (SSSR count). The highest BCUT2D eigenvalue weighted by Crippen LogP contribution is 2.22. The molecule has 92 valence electrons. The van der Waals surface area contributed by atoms with Crippen LogP contribution in [0.15, 0.2) is 6.33 Å². The Morgan fingerprint density at radius 3 is 2.82 bits per heavy atom. The van der Waals surface area contributed by atoms with Crippen molar-refractivity contribution < 1.29 is 5.11 Å². The highest BCUT2D eigenvalue weighted by Gasteiger charge is 2.25. The summed E-state index contributed by atoms with van der Waals surface area (Å²) in [6.07, 6.45) is 0.982. The summed E-state index contributed by atoms with van der Waals surface area (Å²) >= 11 is 0. The third kappa shape index (κ3) is 2.14. The average molecular weight is 236 g/mol. The Labute approximate surface area is 98.5 Å². The van der Waals surface area contributed by atoms with E-state index in [-0.39, 0.29) is 5.95 Å². The van der Waals surface area contributed by atoms with Gasteiger partial charge in [-0.2, -0.15) is 9.97 Å². The van der Waals surface area contributed by atoms with Crippen molar-refractivity contribution in [3.63, 3.8) is 0 Å². The zero-order chi connectivity index (χ0) is 12.6. The van der Waals surface area contributed by atoms with Gasteiger partial charge in [-0.1, -0.05) is 0 Å². The molecule has 0 aliphatic carbocycles. The number of hydrogen-bond acceptors (Lipinski definition) is 6. The Balaban J connectivity index is 2.45. The van der Waals surface area contributed by atoms with Gasteiger partial charge in [-0.25, -0.2) is 4.98 Å². The molecule has 0 aromatic carbocycles. The van der Waals surface area contributed by atoms with Crippen LogP contribution < -0.4 is 11.1 Å². The van der Waals surface area contributed by atoms with E-state index in [4.69, 9.17) is 5.73 Å². The van der Waals surface area contributed by atoms with E-state index < -0.39 is 11.6 Å². The van der Waals surface area contributed by atoms with Crippen LogP contribution in [-0.4, -0.2) is 36.7 Å². The first-order chi connectivity index (χ1) is 7.90. The fourth-order valence-corrected chi connectivity index (χ4v) is 1.35. The van der Waals surface area contributed by atoms with Gasteiger partial charge in [-0.15, -0.1) is 0 Å². The summed E-state index contributed by atoms with van der Waals surface area (Å²) in [7, 11) is 0. The number of aliphatic hydroxyl groups excluding tert-OH is 1. The van der Waals surface area contributed by atoms with E-state index in [1.807, 2.05) is 13.8 Å². The smallest absolute Gasteiger partial charge is 0.224 e. The fraction of sp³-hybridized carbons (Fsp3) is 0.500. The number of nitrogens with one attached hydrogen (secondary N) is 2. The topological polar surface area (TPSA) is 113 Å². The third-order valence-corrected chi connectivity index (χ3v) is 2.79. The van der Waals surface area contributed by atoms with Gasteiger partial charge in [0.05, 0.1) is 18.0 Å². The second kappa shape index (κ2) is 3.85. The SMILES string of the molecule is CC(O)C(C)(C)Nc1nc(N)nc2nc[nH]c12. The van der Waals surface area contributed by atoms with Gasteiger partial charge < -0.3 is 21.1 Å². The molecule has 0 amide bonds. The summed E-state index contributed by atoms with van der Waals surface area (Å²) in [5.74, 6) is 0.685. The van der Waals surface area contributed by atoms with Gasteiger partial charge in [-0.3, -0.25) is 0 Å². The number of aromatic nitrogens is 4. The summed E-state index contributed by atoms with van der Waals surface area (Å²) in [5.41, 5.74) is 6.25. The molecule has 0 spiro atoms. The number of imidazole rings is 1. The summed E-state index contributed by atoms with van der Waals surface area (Å²) in [6.45, 7) is 5.46. The van der Waals surface area contributed by atoms with E-state index in [1.54, 1.807) is 6.92 Å². The lowest BCUT2D eigenvalue weighted by Gasteiger charge is -2.29. The number of aliphatic hydroxyl groups is 1. The second-order valence-electron chi connectivity index (χ2n) is 4.55. The molecule has 2 aromatic rings. The van der Waals surface area contributed by atoms with E-state index in [1.165, 1.54) is 6.33 Å². The van der Waals surface area contributed by atoms with Crippen molar-refractivity contribution in [2.45, 2.75) is 32.4 Å². The molecule has 0 saturated heterocycles. The van der Waals surface area contributed by atoms with Crippen LogP contribution in [0.4, 0.5) is 11.8 Å². The van der Waals surface area contributed by atoms with Gasteiger partial charge in [0.15, 0.2) is 11.5 Å². The zero-order valence-corrected chi connectivity index (χ0v) is 10.0. The van der Waals surface area contributed by atoms with Crippen molar-refractivity contribution in [1.82, 2.24) is 19.9 Å². The van der Waals surface area contributed by atoms with Gasteiger partial charge >= 0.3 is 0 Å². The molecule has 0 radical (unpaired) electrons. The maximum Gasteiger partial charge on any atom is 0.224 e. The number of hydrogen-bond donors (Lipinski definition) is 4. The zero-order valence-electron chi connectivity index (χ0n) is 10.0. The Bertz CT molecular complexity index is 533. The fourth-order valence-electron chi connectivity index (χ4n) is 1.35. The molecule has 5 N–H and O–H groups in total. The van der Waals surface area contributed by atoms with Gasteiger partial charge in [0, 0.05) is 0 Å². The maximum absolute atomic E-state index is 9.67. The monoisotopic (exact) mass is 236 g/mol. The van der Waals surface area contributed by atoms with E-state index in [0.29, 0.717) is 17.0 Å². The summed E-state index contributed by atoms with van der Waals surface area (Å²) in [6, 6.07) is 0. The van der Waals surface area contributed by atoms with Crippen LogP contribution in [0.1, 0.15) is 20.8 Å². The molecule has 1 atom stereocenters. The lowest BCUT2D eigenvalue weighted by Crippen LogP contribution is -2.42. The molecule has 0 saturated carbocycles. The number of H-pyrrole nitrogens is 1. The molecule has 1 unspecified atom stereocenters. The maximum atomic E-state index is 9.67. The molecule has 17 heavy (non-hydrogen) atoms. The molecule has 7 nitrogen and oxygen atoms in total. The molecule has 2 aromatic heterocycles. The van der Waals surface area contributed by atoms with Gasteiger partial charge in [0.2, 0.25) is 5.95 Å². The number of nitrogens with two attached hydrogens (primary N) is 1. The van der Waals surface area contributed by atoms with E-state index >= 15 is 0 Å². The van der Waals surface area contributed by atoms with Crippen molar-refractivity contribution in [3.05, 3.63) is 6.33 Å². The number of aromatic amines is 1. The normalized spacial score (nSPS) is 13.9. The first-order valence-corrected chi connectivity index (χ1v) is 5.33. The van der Waals surface area contributed by atoms with Crippen molar-refractivity contribution in [2.75, 3.05) is 11.1 Å². The van der Waals surface area contributed by atoms with Crippen LogP contribution in [0, 0.1) is 0 Å². The van der Waals surface area contributed by atoms with Crippen LogP contribution in [0.3, 0.4) is 0 Å². The minimum absolute atomic E-state index is 0.147. The largest absolute Gasteiger partial charge is 0.391 e. The number of anilines is 2. The Kier molecular flexibility index (Phi) is 2.62. The molecule has 7 heteroatoms. The molecular formula is C10H16N6O. The first kappa shape index (κ1) is 11.6. The predicted molar refractivity (Wildman–Crippen MR) is 65.5 cm³/mol. The summed E-state index contributed by atoms with van der Waals surface area (Å²) in [4.78, 5) is 15.1. The van der Waals surface area contributed by atoms with Crippen molar-refractivity contribution >= 4 is 22.9 Å².